The first-order valence-electron chi connectivity index (χ1n) is 9.50. The number of aromatic nitrogens is 1. The van der Waals surface area contributed by atoms with Gasteiger partial charge in [0.15, 0.2) is 11.5 Å². The summed E-state index contributed by atoms with van der Waals surface area (Å²) in [5.74, 6) is 0.218. The summed E-state index contributed by atoms with van der Waals surface area (Å²) in [6.45, 7) is 3.42. The predicted octanol–water partition coefficient (Wildman–Crippen LogP) is 2.71. The van der Waals surface area contributed by atoms with Gasteiger partial charge in [0.05, 0.1) is 19.1 Å². The molecular weight excluding hydrogens is 382 g/mol. The Labute approximate surface area is 168 Å². The third-order valence-corrected chi connectivity index (χ3v) is 5.45. The molecule has 2 saturated heterocycles. The summed E-state index contributed by atoms with van der Waals surface area (Å²) in [4.78, 5) is 29.2. The number of carbonyl (C=O) groups excluding carboxylic acids is 2. The average molecular weight is 404 g/mol. The van der Waals surface area contributed by atoms with Crippen molar-refractivity contribution in [2.24, 2.45) is 5.92 Å². The Bertz CT molecular complexity index is 863. The average Bonchev–Trinajstić information content (AvgIpc) is 3.24. The van der Waals surface area contributed by atoms with Gasteiger partial charge in [0.1, 0.15) is 0 Å². The van der Waals surface area contributed by atoms with Crippen molar-refractivity contribution in [3.63, 3.8) is 0 Å². The molecule has 0 saturated carbocycles. The first kappa shape index (κ1) is 19.0. The van der Waals surface area contributed by atoms with Gasteiger partial charge in [-0.1, -0.05) is 28.9 Å². The highest BCUT2D eigenvalue weighted by Crippen LogP contribution is 2.25. The van der Waals surface area contributed by atoms with Gasteiger partial charge in [-0.3, -0.25) is 9.59 Å². The summed E-state index contributed by atoms with van der Waals surface area (Å²) in [5.41, 5.74) is 1.01. The number of likely N-dealkylation sites (tertiary alicyclic amines) is 1. The van der Waals surface area contributed by atoms with Crippen molar-refractivity contribution in [1.82, 2.24) is 15.0 Å². The lowest BCUT2D eigenvalue weighted by Crippen LogP contribution is -2.49. The number of rotatable bonds is 3. The quantitative estimate of drug-likeness (QED) is 0.787. The third-order valence-electron chi connectivity index (χ3n) is 5.22. The van der Waals surface area contributed by atoms with Crippen molar-refractivity contribution < 1.29 is 18.8 Å². The number of carbonyl (C=O) groups is 2. The van der Waals surface area contributed by atoms with Crippen LogP contribution in [0.3, 0.4) is 0 Å². The Morgan fingerprint density at radius 3 is 2.71 bits per heavy atom. The molecule has 8 heteroatoms. The van der Waals surface area contributed by atoms with E-state index >= 15 is 0 Å². The molecule has 7 nitrogen and oxygen atoms in total. The molecule has 2 aliphatic rings. The minimum absolute atomic E-state index is 0.112. The normalized spacial score (nSPS) is 20.2. The molecule has 1 aromatic carbocycles. The third kappa shape index (κ3) is 4.05. The van der Waals surface area contributed by atoms with Gasteiger partial charge in [0, 0.05) is 42.8 Å². The number of halogens is 1. The summed E-state index contributed by atoms with van der Waals surface area (Å²) in [6.07, 6.45) is 1.60. The Balaban J connectivity index is 1.44. The van der Waals surface area contributed by atoms with Crippen molar-refractivity contribution in [2.45, 2.75) is 12.8 Å². The second-order valence-electron chi connectivity index (χ2n) is 7.11. The van der Waals surface area contributed by atoms with Gasteiger partial charge in [-0.15, -0.1) is 0 Å². The molecule has 2 aromatic rings. The summed E-state index contributed by atoms with van der Waals surface area (Å²) < 4.78 is 10.7. The second-order valence-corrected chi connectivity index (χ2v) is 7.55. The van der Waals surface area contributed by atoms with Crippen LogP contribution in [0.5, 0.6) is 0 Å². The van der Waals surface area contributed by atoms with E-state index < -0.39 is 0 Å². The molecule has 2 fully saturated rings. The topological polar surface area (TPSA) is 75.9 Å². The number of hydrogen-bond donors (Lipinski definition) is 0. The van der Waals surface area contributed by atoms with Gasteiger partial charge in [-0.2, -0.15) is 0 Å². The number of benzene rings is 1. The number of morpholine rings is 1. The van der Waals surface area contributed by atoms with Crippen molar-refractivity contribution in [2.75, 3.05) is 39.4 Å². The van der Waals surface area contributed by atoms with Crippen molar-refractivity contribution >= 4 is 23.4 Å². The highest BCUT2D eigenvalue weighted by molar-refractivity contribution is 6.30. The van der Waals surface area contributed by atoms with Gasteiger partial charge in [-0.25, -0.2) is 0 Å². The van der Waals surface area contributed by atoms with Gasteiger partial charge < -0.3 is 19.1 Å². The lowest BCUT2D eigenvalue weighted by molar-refractivity contribution is -0.141. The van der Waals surface area contributed by atoms with Crippen LogP contribution in [0.2, 0.25) is 5.02 Å². The maximum absolute atomic E-state index is 12.9. The molecule has 1 unspecified atom stereocenters. The molecule has 2 aliphatic heterocycles. The van der Waals surface area contributed by atoms with Gasteiger partial charge in [0.25, 0.3) is 5.91 Å². The van der Waals surface area contributed by atoms with Crippen LogP contribution in [0.1, 0.15) is 23.3 Å². The standard InChI is InChI=1S/C20H22ClN3O4/c21-16-5-1-3-14(11-16)18-12-17(22-28-18)20(26)24-6-2-4-15(13-24)19(25)23-7-9-27-10-8-23/h1,3,5,11-12,15H,2,4,6-10,13H2. The van der Waals surface area contributed by atoms with E-state index in [4.69, 9.17) is 20.9 Å². The molecule has 0 radical (unpaired) electrons. The fraction of sp³-hybridized carbons (Fsp3) is 0.450. The molecule has 0 bridgehead atoms. The van der Waals surface area contributed by atoms with Crippen LogP contribution in [0.15, 0.2) is 34.9 Å². The molecule has 0 aliphatic carbocycles. The molecule has 0 spiro atoms. The van der Waals surface area contributed by atoms with E-state index in [2.05, 4.69) is 5.16 Å². The zero-order valence-electron chi connectivity index (χ0n) is 15.5. The highest BCUT2D eigenvalue weighted by Gasteiger charge is 2.33. The lowest BCUT2D eigenvalue weighted by atomic mass is 9.96. The Kier molecular flexibility index (Phi) is 5.64. The predicted molar refractivity (Wildman–Crippen MR) is 103 cm³/mol. The lowest BCUT2D eigenvalue weighted by Gasteiger charge is -2.35. The zero-order chi connectivity index (χ0) is 19.5. The van der Waals surface area contributed by atoms with Gasteiger partial charge >= 0.3 is 0 Å². The number of nitrogens with zero attached hydrogens (tertiary/aromatic N) is 3. The van der Waals surface area contributed by atoms with Gasteiger partial charge in [-0.05, 0) is 25.0 Å². The zero-order valence-corrected chi connectivity index (χ0v) is 16.2. The van der Waals surface area contributed by atoms with E-state index in [0.717, 1.165) is 18.4 Å². The molecule has 1 atom stereocenters. The van der Waals surface area contributed by atoms with Gasteiger partial charge in [0.2, 0.25) is 5.91 Å². The van der Waals surface area contributed by atoms with E-state index in [-0.39, 0.29) is 23.4 Å². The smallest absolute Gasteiger partial charge is 0.276 e. The molecule has 148 valence electrons. The number of ether oxygens (including phenoxy) is 1. The first-order valence-corrected chi connectivity index (χ1v) is 9.88. The largest absolute Gasteiger partial charge is 0.378 e. The highest BCUT2D eigenvalue weighted by atomic mass is 35.5. The van der Waals surface area contributed by atoms with Crippen LogP contribution in [0, 0.1) is 5.92 Å². The van der Waals surface area contributed by atoms with Crippen LogP contribution in [-0.4, -0.2) is 66.2 Å². The number of piperidine rings is 1. The minimum Gasteiger partial charge on any atom is -0.378 e. The van der Waals surface area contributed by atoms with Crippen molar-refractivity contribution in [1.29, 1.82) is 0 Å². The van der Waals surface area contributed by atoms with Crippen LogP contribution in [-0.2, 0) is 9.53 Å². The fourth-order valence-corrected chi connectivity index (χ4v) is 3.91. The van der Waals surface area contributed by atoms with E-state index in [1.54, 1.807) is 23.1 Å². The van der Waals surface area contributed by atoms with E-state index in [1.165, 1.54) is 0 Å². The maximum Gasteiger partial charge on any atom is 0.276 e. The SMILES string of the molecule is O=C(c1cc(-c2cccc(Cl)c2)on1)N1CCCC(C(=O)N2CCOCC2)C1. The van der Waals surface area contributed by atoms with Crippen LogP contribution >= 0.6 is 11.6 Å². The summed E-state index contributed by atoms with van der Waals surface area (Å²) >= 11 is 6.01. The summed E-state index contributed by atoms with van der Waals surface area (Å²) in [6, 6.07) is 8.81. The molecule has 0 N–H and O–H groups in total. The number of amides is 2. The Morgan fingerprint density at radius 1 is 1.11 bits per heavy atom. The molecule has 1 aromatic heterocycles. The maximum atomic E-state index is 12.9. The van der Waals surface area contributed by atoms with Crippen LogP contribution in [0.25, 0.3) is 11.3 Å². The first-order chi connectivity index (χ1) is 13.6. The molecular formula is C20H22ClN3O4. The van der Waals surface area contributed by atoms with E-state index in [0.29, 0.717) is 50.2 Å². The van der Waals surface area contributed by atoms with Crippen LogP contribution in [0.4, 0.5) is 0 Å². The van der Waals surface area contributed by atoms with Crippen molar-refractivity contribution in [3.05, 3.63) is 41.0 Å². The van der Waals surface area contributed by atoms with Crippen LogP contribution < -0.4 is 0 Å². The van der Waals surface area contributed by atoms with E-state index in [1.807, 2.05) is 17.0 Å². The summed E-state index contributed by atoms with van der Waals surface area (Å²) in [5, 5.41) is 4.52. The Morgan fingerprint density at radius 2 is 1.93 bits per heavy atom. The second kappa shape index (κ2) is 8.32. The van der Waals surface area contributed by atoms with E-state index in [9.17, 15) is 9.59 Å². The van der Waals surface area contributed by atoms with Crippen molar-refractivity contribution in [3.8, 4) is 11.3 Å². The Hall–Kier alpha value is -2.38. The fourth-order valence-electron chi connectivity index (χ4n) is 3.72. The molecule has 3 heterocycles. The molecule has 2 amide bonds. The molecule has 4 rings (SSSR count). The molecule has 28 heavy (non-hydrogen) atoms. The minimum atomic E-state index is -0.212. The monoisotopic (exact) mass is 403 g/mol. The number of hydrogen-bond acceptors (Lipinski definition) is 5. The summed E-state index contributed by atoms with van der Waals surface area (Å²) in [7, 11) is 0.